The van der Waals surface area contributed by atoms with Gasteiger partial charge in [-0.2, -0.15) is 0 Å². The third kappa shape index (κ3) is 5.12. The SMILES string of the molecule is C=C(NC=C(F)C(N)=NC1CCCN(Cc2ncc[nH]2)C1)c1c[nH]c2ncc(Cl)cc12. The van der Waals surface area contributed by atoms with Gasteiger partial charge in [0.15, 0.2) is 11.7 Å². The summed E-state index contributed by atoms with van der Waals surface area (Å²) >= 11 is 6.02. The van der Waals surface area contributed by atoms with Crippen molar-refractivity contribution < 1.29 is 4.39 Å². The number of nitrogens with one attached hydrogen (secondary N) is 3. The minimum absolute atomic E-state index is 0.0621. The summed E-state index contributed by atoms with van der Waals surface area (Å²) in [5, 5.41) is 4.15. The number of fused-ring (bicyclic) bond motifs is 1. The molecule has 1 aliphatic rings. The van der Waals surface area contributed by atoms with Gasteiger partial charge < -0.3 is 21.0 Å². The number of pyridine rings is 1. The van der Waals surface area contributed by atoms with E-state index in [2.05, 4.69) is 41.7 Å². The molecule has 0 spiro atoms. The molecule has 1 saturated heterocycles. The second-order valence-electron chi connectivity index (χ2n) is 7.45. The van der Waals surface area contributed by atoms with Crippen LogP contribution in [0.2, 0.25) is 5.02 Å². The second-order valence-corrected chi connectivity index (χ2v) is 7.89. The first-order chi connectivity index (χ1) is 15.0. The lowest BCUT2D eigenvalue weighted by Gasteiger charge is -2.30. The van der Waals surface area contributed by atoms with Crippen LogP contribution in [-0.4, -0.2) is 49.8 Å². The van der Waals surface area contributed by atoms with Crippen LogP contribution in [0, 0.1) is 0 Å². The van der Waals surface area contributed by atoms with Crippen molar-refractivity contribution in [2.24, 2.45) is 10.7 Å². The van der Waals surface area contributed by atoms with Gasteiger partial charge in [-0.05, 0) is 25.5 Å². The molecule has 3 aromatic heterocycles. The van der Waals surface area contributed by atoms with Crippen molar-refractivity contribution >= 4 is 34.2 Å². The van der Waals surface area contributed by atoms with E-state index in [1.165, 1.54) is 6.20 Å². The molecule has 1 fully saturated rings. The van der Waals surface area contributed by atoms with Crippen molar-refractivity contribution in [3.05, 3.63) is 65.9 Å². The van der Waals surface area contributed by atoms with Crippen LogP contribution in [0.15, 0.2) is 54.5 Å². The molecule has 0 aromatic carbocycles. The third-order valence-corrected chi connectivity index (χ3v) is 5.38. The van der Waals surface area contributed by atoms with E-state index >= 15 is 0 Å². The Balaban J connectivity index is 1.38. The molecule has 1 atom stereocenters. The Bertz CT molecular complexity index is 1120. The Kier molecular flexibility index (Phi) is 6.34. The minimum Gasteiger partial charge on any atom is -0.382 e. The fourth-order valence-corrected chi connectivity index (χ4v) is 3.82. The first-order valence-corrected chi connectivity index (χ1v) is 10.4. The number of aromatic nitrogens is 4. The molecule has 10 heteroatoms. The normalized spacial score (nSPS) is 18.5. The number of rotatable bonds is 7. The van der Waals surface area contributed by atoms with Gasteiger partial charge in [0.25, 0.3) is 0 Å². The fourth-order valence-electron chi connectivity index (χ4n) is 3.66. The van der Waals surface area contributed by atoms with Crippen LogP contribution in [0.5, 0.6) is 0 Å². The average Bonchev–Trinajstić information content (AvgIpc) is 3.41. The van der Waals surface area contributed by atoms with Crippen LogP contribution in [0.3, 0.4) is 0 Å². The summed E-state index contributed by atoms with van der Waals surface area (Å²) in [6, 6.07) is 1.71. The van der Waals surface area contributed by atoms with Crippen LogP contribution in [0.25, 0.3) is 16.7 Å². The van der Waals surface area contributed by atoms with E-state index in [9.17, 15) is 4.39 Å². The summed E-state index contributed by atoms with van der Waals surface area (Å²) in [7, 11) is 0. The maximum atomic E-state index is 14.6. The highest BCUT2D eigenvalue weighted by atomic mass is 35.5. The number of amidine groups is 1. The van der Waals surface area contributed by atoms with Crippen LogP contribution >= 0.6 is 11.6 Å². The number of hydrogen-bond donors (Lipinski definition) is 4. The van der Waals surface area contributed by atoms with Gasteiger partial charge in [0, 0.05) is 54.2 Å². The molecule has 162 valence electrons. The van der Waals surface area contributed by atoms with Gasteiger partial charge in [-0.15, -0.1) is 0 Å². The Morgan fingerprint density at radius 2 is 2.32 bits per heavy atom. The minimum atomic E-state index is -0.639. The quantitative estimate of drug-likeness (QED) is 0.331. The smallest absolute Gasteiger partial charge is 0.180 e. The van der Waals surface area contributed by atoms with Crippen molar-refractivity contribution in [1.29, 1.82) is 0 Å². The number of piperidine rings is 1. The monoisotopic (exact) mass is 442 g/mol. The Hall–Kier alpha value is -3.17. The third-order valence-electron chi connectivity index (χ3n) is 5.17. The summed E-state index contributed by atoms with van der Waals surface area (Å²) < 4.78 is 14.6. The van der Waals surface area contributed by atoms with E-state index in [0.29, 0.717) is 29.5 Å². The highest BCUT2D eigenvalue weighted by Crippen LogP contribution is 2.24. The van der Waals surface area contributed by atoms with Crippen LogP contribution < -0.4 is 11.1 Å². The molecule has 5 N–H and O–H groups in total. The number of likely N-dealkylation sites (tertiary alicyclic amines) is 1. The summed E-state index contributed by atoms with van der Waals surface area (Å²) in [5.74, 6) is 0.134. The number of hydrogen-bond acceptors (Lipinski definition) is 5. The highest BCUT2D eigenvalue weighted by Gasteiger charge is 2.21. The number of aromatic amines is 2. The lowest BCUT2D eigenvalue weighted by Crippen LogP contribution is -2.38. The second kappa shape index (κ2) is 9.32. The zero-order valence-electron chi connectivity index (χ0n) is 16.9. The molecule has 4 heterocycles. The predicted molar refractivity (Wildman–Crippen MR) is 121 cm³/mol. The molecule has 8 nitrogen and oxygen atoms in total. The molecule has 0 saturated carbocycles. The van der Waals surface area contributed by atoms with Crippen LogP contribution in [-0.2, 0) is 6.54 Å². The van der Waals surface area contributed by atoms with Crippen LogP contribution in [0.4, 0.5) is 4.39 Å². The highest BCUT2D eigenvalue weighted by molar-refractivity contribution is 6.31. The molecule has 4 rings (SSSR count). The van der Waals surface area contributed by atoms with Gasteiger partial charge in [0.05, 0.1) is 17.6 Å². The van der Waals surface area contributed by atoms with Crippen molar-refractivity contribution in [1.82, 2.24) is 30.2 Å². The number of nitrogens with two attached hydrogens (primary N) is 1. The molecule has 0 bridgehead atoms. The lowest BCUT2D eigenvalue weighted by molar-refractivity contribution is 0.198. The summed E-state index contributed by atoms with van der Waals surface area (Å²) in [6.45, 7) is 6.33. The zero-order valence-corrected chi connectivity index (χ0v) is 17.7. The average molecular weight is 443 g/mol. The number of halogens is 2. The molecular formula is C21H24ClFN8. The van der Waals surface area contributed by atoms with Crippen molar-refractivity contribution in [2.75, 3.05) is 13.1 Å². The maximum absolute atomic E-state index is 14.6. The molecule has 1 unspecified atom stereocenters. The molecule has 1 aliphatic heterocycles. The molecule has 0 amide bonds. The largest absolute Gasteiger partial charge is 0.382 e. The van der Waals surface area contributed by atoms with Crippen LogP contribution in [0.1, 0.15) is 24.2 Å². The summed E-state index contributed by atoms with van der Waals surface area (Å²) in [4.78, 5) is 21.2. The molecule has 31 heavy (non-hydrogen) atoms. The van der Waals surface area contributed by atoms with Crippen molar-refractivity contribution in [3.8, 4) is 0 Å². The van der Waals surface area contributed by atoms with Gasteiger partial charge >= 0.3 is 0 Å². The van der Waals surface area contributed by atoms with Gasteiger partial charge in [0.1, 0.15) is 11.5 Å². The van der Waals surface area contributed by atoms with E-state index in [1.807, 2.05) is 0 Å². The number of nitrogens with zero attached hydrogens (tertiary/aromatic N) is 4. The Morgan fingerprint density at radius 3 is 3.13 bits per heavy atom. The van der Waals surface area contributed by atoms with Gasteiger partial charge in [-0.3, -0.25) is 9.89 Å². The standard InChI is InChI=1S/C21H24ClFN8/c1-13(17-9-29-21-16(17)7-14(22)8-28-21)27-10-18(23)20(24)30-15-3-2-6-31(11-15)12-19-25-4-5-26-19/h4-5,7-10,15,27H,1-3,6,11-12H2,(H2,24,30)(H,25,26)(H,28,29). The van der Waals surface area contributed by atoms with E-state index in [0.717, 1.165) is 36.2 Å². The predicted octanol–water partition coefficient (Wildman–Crippen LogP) is 3.33. The van der Waals surface area contributed by atoms with E-state index < -0.39 is 5.83 Å². The first kappa shape index (κ1) is 21.1. The number of imidazole rings is 1. The van der Waals surface area contributed by atoms with Crippen molar-refractivity contribution in [3.63, 3.8) is 0 Å². The van der Waals surface area contributed by atoms with E-state index in [4.69, 9.17) is 17.3 Å². The maximum Gasteiger partial charge on any atom is 0.180 e. The van der Waals surface area contributed by atoms with E-state index in [1.54, 1.807) is 30.9 Å². The Labute approximate surface area is 184 Å². The van der Waals surface area contributed by atoms with Crippen molar-refractivity contribution in [2.45, 2.75) is 25.4 Å². The molecule has 0 radical (unpaired) electrons. The summed E-state index contributed by atoms with van der Waals surface area (Å²) in [6.07, 6.45) is 9.83. The van der Waals surface area contributed by atoms with E-state index in [-0.39, 0.29) is 11.9 Å². The molecule has 3 aromatic rings. The Morgan fingerprint density at radius 1 is 1.45 bits per heavy atom. The van der Waals surface area contributed by atoms with Gasteiger partial charge in [-0.25, -0.2) is 14.4 Å². The number of aliphatic imine (C=N–C) groups is 1. The zero-order chi connectivity index (χ0) is 21.8. The summed E-state index contributed by atoms with van der Waals surface area (Å²) in [5.41, 5.74) is 7.81. The number of H-pyrrole nitrogens is 2. The van der Waals surface area contributed by atoms with Gasteiger partial charge in [-0.1, -0.05) is 18.2 Å². The molecular weight excluding hydrogens is 419 g/mol. The topological polar surface area (TPSA) is 111 Å². The lowest BCUT2D eigenvalue weighted by atomic mass is 10.1. The van der Waals surface area contributed by atoms with Gasteiger partial charge in [0.2, 0.25) is 0 Å². The molecule has 0 aliphatic carbocycles. The first-order valence-electron chi connectivity index (χ1n) is 9.98. The fraction of sp³-hybridized carbons (Fsp3) is 0.286.